The summed E-state index contributed by atoms with van der Waals surface area (Å²) in [6.45, 7) is 4.28. The number of methoxy groups -OCH3 is 1. The SMILES string of the molecule is COC(=O)C(C)(C)[C@@H](CO)OC(C)n1ccc(=O)[nH]c1=O. The molecule has 0 radical (unpaired) electrons. The molecule has 1 unspecified atom stereocenters. The van der Waals surface area contributed by atoms with Crippen LogP contribution in [0.4, 0.5) is 0 Å². The Morgan fingerprint density at radius 1 is 1.48 bits per heavy atom. The highest BCUT2D eigenvalue weighted by Gasteiger charge is 2.39. The van der Waals surface area contributed by atoms with Crippen molar-refractivity contribution in [1.82, 2.24) is 9.55 Å². The Hall–Kier alpha value is -1.93. The molecule has 0 amide bonds. The van der Waals surface area contributed by atoms with E-state index in [1.165, 1.54) is 19.4 Å². The molecule has 21 heavy (non-hydrogen) atoms. The highest BCUT2D eigenvalue weighted by atomic mass is 16.5. The van der Waals surface area contributed by atoms with E-state index in [-0.39, 0.29) is 0 Å². The number of ether oxygens (including phenoxy) is 2. The molecular weight excluding hydrogens is 280 g/mol. The number of aromatic nitrogens is 2. The highest BCUT2D eigenvalue weighted by molar-refractivity contribution is 5.76. The van der Waals surface area contributed by atoms with E-state index in [2.05, 4.69) is 9.72 Å². The molecule has 0 aliphatic carbocycles. The first-order valence-electron chi connectivity index (χ1n) is 6.40. The van der Waals surface area contributed by atoms with Gasteiger partial charge in [-0.05, 0) is 20.8 Å². The van der Waals surface area contributed by atoms with Gasteiger partial charge >= 0.3 is 11.7 Å². The van der Waals surface area contributed by atoms with Crippen molar-refractivity contribution < 1.29 is 19.4 Å². The first kappa shape index (κ1) is 17.1. The number of nitrogens with zero attached hydrogens (tertiary/aromatic N) is 1. The number of carbonyl (C=O) groups is 1. The summed E-state index contributed by atoms with van der Waals surface area (Å²) < 4.78 is 11.4. The van der Waals surface area contributed by atoms with Crippen molar-refractivity contribution in [2.45, 2.75) is 33.1 Å². The lowest BCUT2D eigenvalue weighted by Gasteiger charge is -2.32. The maximum Gasteiger partial charge on any atom is 0.330 e. The fourth-order valence-electron chi connectivity index (χ4n) is 1.85. The van der Waals surface area contributed by atoms with E-state index in [9.17, 15) is 19.5 Å². The normalized spacial score (nSPS) is 14.5. The summed E-state index contributed by atoms with van der Waals surface area (Å²) in [6.07, 6.45) is -0.375. The van der Waals surface area contributed by atoms with E-state index in [4.69, 9.17) is 4.74 Å². The van der Waals surface area contributed by atoms with Crippen LogP contribution in [0.2, 0.25) is 0 Å². The number of aromatic amines is 1. The first-order chi connectivity index (χ1) is 9.73. The molecule has 1 rings (SSSR count). The molecule has 0 spiro atoms. The van der Waals surface area contributed by atoms with Crippen molar-refractivity contribution in [3.8, 4) is 0 Å². The van der Waals surface area contributed by atoms with Crippen LogP contribution in [0, 0.1) is 5.41 Å². The van der Waals surface area contributed by atoms with E-state index >= 15 is 0 Å². The van der Waals surface area contributed by atoms with Crippen LogP contribution in [0.15, 0.2) is 21.9 Å². The zero-order chi connectivity index (χ0) is 16.2. The molecule has 0 bridgehead atoms. The first-order valence-corrected chi connectivity index (χ1v) is 6.40. The van der Waals surface area contributed by atoms with E-state index in [0.717, 1.165) is 4.57 Å². The van der Waals surface area contributed by atoms with Gasteiger partial charge in [0.25, 0.3) is 5.56 Å². The third-order valence-corrected chi connectivity index (χ3v) is 3.29. The third-order valence-electron chi connectivity index (χ3n) is 3.29. The van der Waals surface area contributed by atoms with Crippen LogP contribution in [-0.4, -0.2) is 40.4 Å². The molecule has 2 atom stereocenters. The average Bonchev–Trinajstić information content (AvgIpc) is 2.43. The molecular formula is C13H20N2O6. The molecule has 8 heteroatoms. The van der Waals surface area contributed by atoms with Crippen LogP contribution >= 0.6 is 0 Å². The lowest BCUT2D eigenvalue weighted by atomic mass is 9.87. The molecule has 2 N–H and O–H groups in total. The molecule has 118 valence electrons. The Morgan fingerprint density at radius 3 is 2.57 bits per heavy atom. The minimum atomic E-state index is -1.09. The number of aliphatic hydroxyl groups is 1. The Bertz CT molecular complexity index is 603. The number of hydrogen-bond acceptors (Lipinski definition) is 6. The topological polar surface area (TPSA) is 111 Å². The zero-order valence-corrected chi connectivity index (χ0v) is 12.5. The number of esters is 1. The molecule has 0 aliphatic rings. The van der Waals surface area contributed by atoms with Gasteiger partial charge in [-0.25, -0.2) is 4.79 Å². The second kappa shape index (κ2) is 6.68. The minimum absolute atomic E-state index is 0.426. The maximum atomic E-state index is 11.7. The van der Waals surface area contributed by atoms with Crippen LogP contribution in [0.25, 0.3) is 0 Å². The van der Waals surface area contributed by atoms with Gasteiger partial charge in [-0.1, -0.05) is 0 Å². The van der Waals surface area contributed by atoms with E-state index in [1.54, 1.807) is 20.8 Å². The molecule has 0 aromatic carbocycles. The van der Waals surface area contributed by atoms with E-state index < -0.39 is 41.6 Å². The van der Waals surface area contributed by atoms with Gasteiger partial charge in [-0.3, -0.25) is 19.1 Å². The molecule has 0 saturated heterocycles. The molecule has 8 nitrogen and oxygen atoms in total. The molecule has 0 fully saturated rings. The number of hydrogen-bond donors (Lipinski definition) is 2. The van der Waals surface area contributed by atoms with Crippen LogP contribution in [-0.2, 0) is 14.3 Å². The molecule has 0 aliphatic heterocycles. The van der Waals surface area contributed by atoms with Gasteiger partial charge < -0.3 is 14.6 Å². The number of nitrogens with one attached hydrogen (secondary N) is 1. The Labute approximate surface area is 121 Å². The lowest BCUT2D eigenvalue weighted by molar-refractivity contribution is -0.171. The van der Waals surface area contributed by atoms with Crippen molar-refractivity contribution in [3.63, 3.8) is 0 Å². The second-order valence-electron chi connectivity index (χ2n) is 5.14. The van der Waals surface area contributed by atoms with Crippen molar-refractivity contribution >= 4 is 5.97 Å². The molecule has 1 heterocycles. The van der Waals surface area contributed by atoms with Gasteiger partial charge in [-0.2, -0.15) is 0 Å². The van der Waals surface area contributed by atoms with Crippen molar-refractivity contribution in [2.24, 2.45) is 5.41 Å². The number of rotatable bonds is 6. The molecule has 1 aromatic rings. The minimum Gasteiger partial charge on any atom is -0.469 e. The molecule has 1 aromatic heterocycles. The third kappa shape index (κ3) is 3.79. The summed E-state index contributed by atoms with van der Waals surface area (Å²) in [5, 5.41) is 9.44. The van der Waals surface area contributed by atoms with Gasteiger partial charge in [0.2, 0.25) is 0 Å². The summed E-state index contributed by atoms with van der Waals surface area (Å²) >= 11 is 0. The number of aliphatic hydroxyl groups excluding tert-OH is 1. The zero-order valence-electron chi connectivity index (χ0n) is 12.5. The smallest absolute Gasteiger partial charge is 0.330 e. The predicted octanol–water partition coefficient (Wildman–Crippen LogP) is -0.368. The van der Waals surface area contributed by atoms with Gasteiger partial charge in [-0.15, -0.1) is 0 Å². The summed E-state index contributed by atoms with van der Waals surface area (Å²) in [5.41, 5.74) is -2.25. The average molecular weight is 300 g/mol. The Balaban J connectivity index is 2.98. The van der Waals surface area contributed by atoms with Crippen LogP contribution in [0.5, 0.6) is 0 Å². The lowest BCUT2D eigenvalue weighted by Crippen LogP contribution is -2.44. The van der Waals surface area contributed by atoms with E-state index in [1.807, 2.05) is 0 Å². The number of carbonyl (C=O) groups excluding carboxylic acids is 1. The van der Waals surface area contributed by atoms with Gasteiger partial charge in [0, 0.05) is 12.3 Å². The maximum absolute atomic E-state index is 11.7. The van der Waals surface area contributed by atoms with Crippen LogP contribution in [0.1, 0.15) is 27.0 Å². The fourth-order valence-corrected chi connectivity index (χ4v) is 1.85. The van der Waals surface area contributed by atoms with Crippen molar-refractivity contribution in [3.05, 3.63) is 33.1 Å². The highest BCUT2D eigenvalue weighted by Crippen LogP contribution is 2.27. The summed E-state index contributed by atoms with van der Waals surface area (Å²) in [5.74, 6) is -0.539. The quantitative estimate of drug-likeness (QED) is 0.694. The molecule has 0 saturated carbocycles. The second-order valence-corrected chi connectivity index (χ2v) is 5.14. The monoisotopic (exact) mass is 300 g/mol. The Kier molecular flexibility index (Phi) is 5.45. The van der Waals surface area contributed by atoms with Gasteiger partial charge in [0.05, 0.1) is 25.2 Å². The summed E-state index contributed by atoms with van der Waals surface area (Å²) in [6, 6.07) is 1.18. The largest absolute Gasteiger partial charge is 0.469 e. The van der Waals surface area contributed by atoms with Crippen LogP contribution in [0.3, 0.4) is 0 Å². The van der Waals surface area contributed by atoms with E-state index in [0.29, 0.717) is 0 Å². The fraction of sp³-hybridized carbons (Fsp3) is 0.615. The predicted molar refractivity (Wildman–Crippen MR) is 73.8 cm³/mol. The van der Waals surface area contributed by atoms with Crippen molar-refractivity contribution in [2.75, 3.05) is 13.7 Å². The van der Waals surface area contributed by atoms with Gasteiger partial charge in [0.15, 0.2) is 0 Å². The standard InChI is InChI=1S/C13H20N2O6/c1-8(15-6-5-10(17)14-12(15)19)21-9(7-16)13(2,3)11(18)20-4/h5-6,8-9,16H,7H2,1-4H3,(H,14,17,19)/t8?,9-/m1/s1. The summed E-state index contributed by atoms with van der Waals surface area (Å²) in [7, 11) is 1.24. The van der Waals surface area contributed by atoms with Crippen LogP contribution < -0.4 is 11.2 Å². The summed E-state index contributed by atoms with van der Waals surface area (Å²) in [4.78, 5) is 36.5. The Morgan fingerprint density at radius 2 is 2.10 bits per heavy atom. The van der Waals surface area contributed by atoms with Crippen molar-refractivity contribution in [1.29, 1.82) is 0 Å². The number of H-pyrrole nitrogens is 1. The van der Waals surface area contributed by atoms with Gasteiger partial charge in [0.1, 0.15) is 6.23 Å².